The zero-order valence-electron chi connectivity index (χ0n) is 13.5. The Balaban J connectivity index is 1.73. The highest BCUT2D eigenvalue weighted by Gasteiger charge is 2.22. The first-order valence-corrected chi connectivity index (χ1v) is 8.53. The molecule has 2 aromatic rings. The summed E-state index contributed by atoms with van der Waals surface area (Å²) in [6.45, 7) is 4.75. The van der Waals surface area contributed by atoms with E-state index in [1.54, 1.807) is 18.2 Å². The summed E-state index contributed by atoms with van der Waals surface area (Å²) in [5.74, 6) is 0.492. The molecule has 0 fully saturated rings. The van der Waals surface area contributed by atoms with Crippen LogP contribution >= 0.6 is 11.3 Å². The number of ether oxygens (including phenoxy) is 1. The molecule has 24 heavy (non-hydrogen) atoms. The van der Waals surface area contributed by atoms with Crippen molar-refractivity contribution in [3.63, 3.8) is 0 Å². The first kappa shape index (κ1) is 16.4. The van der Waals surface area contributed by atoms with Gasteiger partial charge in [-0.3, -0.25) is 14.9 Å². The predicted molar refractivity (Wildman–Crippen MR) is 92.1 cm³/mol. The molecule has 3 rings (SSSR count). The molecule has 0 bridgehead atoms. The topological polar surface area (TPSA) is 84.4 Å². The molecule has 0 aliphatic carbocycles. The van der Waals surface area contributed by atoms with Crippen LogP contribution in [0.5, 0.6) is 5.75 Å². The van der Waals surface area contributed by atoms with Gasteiger partial charge in [0.25, 0.3) is 0 Å². The van der Waals surface area contributed by atoms with Crippen LogP contribution in [-0.2, 0) is 11.2 Å². The Labute approximate surface area is 143 Å². The van der Waals surface area contributed by atoms with E-state index in [1.165, 1.54) is 18.3 Å². The number of nitrogens with zero attached hydrogens (tertiary/aromatic N) is 3. The Kier molecular flexibility index (Phi) is 4.75. The lowest BCUT2D eigenvalue weighted by atomic mass is 10.1. The Morgan fingerprint density at radius 3 is 2.92 bits per heavy atom. The number of amides is 1. The van der Waals surface area contributed by atoms with Crippen molar-refractivity contribution >= 4 is 33.8 Å². The number of hydrogen-bond donors (Lipinski definition) is 1. The maximum atomic E-state index is 12.3. The number of carbonyl (C=O) groups is 2. The van der Waals surface area contributed by atoms with Gasteiger partial charge in [0.2, 0.25) is 11.0 Å². The van der Waals surface area contributed by atoms with Gasteiger partial charge in [0.15, 0.2) is 5.78 Å². The van der Waals surface area contributed by atoms with Crippen molar-refractivity contribution in [2.45, 2.75) is 20.3 Å². The number of aromatic nitrogens is 2. The monoisotopic (exact) mass is 346 g/mol. The molecule has 7 nitrogen and oxygen atoms in total. The molecule has 1 aromatic heterocycles. The maximum Gasteiger partial charge on any atom is 0.245 e. The minimum absolute atomic E-state index is 0.0197. The number of rotatable bonds is 5. The lowest BCUT2D eigenvalue weighted by Crippen LogP contribution is -2.38. The fourth-order valence-electron chi connectivity index (χ4n) is 2.44. The third kappa shape index (κ3) is 3.53. The van der Waals surface area contributed by atoms with E-state index in [9.17, 15) is 9.59 Å². The number of Topliss-reactive ketones (excluding diaryl/α,β-unsaturated/α-hetero) is 1. The van der Waals surface area contributed by atoms with Crippen molar-refractivity contribution in [1.82, 2.24) is 10.2 Å². The van der Waals surface area contributed by atoms with Crippen LogP contribution in [0.1, 0.15) is 29.2 Å². The van der Waals surface area contributed by atoms with Crippen molar-refractivity contribution < 1.29 is 14.3 Å². The molecule has 2 heterocycles. The van der Waals surface area contributed by atoms with Crippen LogP contribution in [0.3, 0.4) is 0 Å². The summed E-state index contributed by atoms with van der Waals surface area (Å²) in [6, 6.07) is 5.27. The van der Waals surface area contributed by atoms with Crippen LogP contribution < -0.4 is 15.0 Å². The van der Waals surface area contributed by atoms with Crippen LogP contribution in [0.25, 0.3) is 0 Å². The van der Waals surface area contributed by atoms with E-state index < -0.39 is 0 Å². The number of ketones is 1. The highest BCUT2D eigenvalue weighted by atomic mass is 32.1. The first-order chi connectivity index (χ1) is 11.6. The molecule has 8 heteroatoms. The number of fused-ring (bicyclic) bond motifs is 1. The van der Waals surface area contributed by atoms with Crippen molar-refractivity contribution in [2.75, 3.05) is 29.9 Å². The molecule has 0 spiro atoms. The average Bonchev–Trinajstić information content (AvgIpc) is 3.02. The predicted octanol–water partition coefficient (Wildman–Crippen LogP) is 2.14. The summed E-state index contributed by atoms with van der Waals surface area (Å²) >= 11 is 1.37. The van der Waals surface area contributed by atoms with E-state index >= 15 is 0 Å². The van der Waals surface area contributed by atoms with Crippen molar-refractivity contribution in [2.24, 2.45) is 0 Å². The van der Waals surface area contributed by atoms with Gasteiger partial charge in [0, 0.05) is 5.56 Å². The highest BCUT2D eigenvalue weighted by molar-refractivity contribution is 7.15. The molecule has 1 amide bonds. The lowest BCUT2D eigenvalue weighted by Gasteiger charge is -2.30. The summed E-state index contributed by atoms with van der Waals surface area (Å²) in [6.07, 6.45) is 0.790. The smallest absolute Gasteiger partial charge is 0.245 e. The molecule has 0 saturated carbocycles. The fourth-order valence-corrected chi connectivity index (χ4v) is 3.13. The lowest BCUT2D eigenvalue weighted by molar-refractivity contribution is -0.115. The molecule has 1 aliphatic heterocycles. The zero-order chi connectivity index (χ0) is 17.1. The second kappa shape index (κ2) is 6.96. The van der Waals surface area contributed by atoms with Gasteiger partial charge in [-0.05, 0) is 31.5 Å². The third-order valence-corrected chi connectivity index (χ3v) is 4.66. The highest BCUT2D eigenvalue weighted by Crippen LogP contribution is 2.32. The molecule has 1 aromatic carbocycles. The fraction of sp³-hybridized carbons (Fsp3) is 0.375. The summed E-state index contributed by atoms with van der Waals surface area (Å²) < 4.78 is 5.60. The molecule has 1 aliphatic rings. The Hall–Kier alpha value is -2.48. The standard InChI is InChI=1S/C16H18N4O3S/c1-3-15-18-19-16(24-15)17-14(22)9-20-6-7-23-13-5-4-11(10(2)21)8-12(13)20/h4-5,8H,3,6-7,9H2,1-2H3,(H,17,19,22). The molecule has 0 unspecified atom stereocenters. The van der Waals surface area contributed by atoms with Gasteiger partial charge in [0.1, 0.15) is 17.4 Å². The molecule has 126 valence electrons. The summed E-state index contributed by atoms with van der Waals surface area (Å²) in [7, 11) is 0. The Morgan fingerprint density at radius 2 is 2.21 bits per heavy atom. The van der Waals surface area contributed by atoms with Gasteiger partial charge in [0.05, 0.1) is 18.8 Å². The largest absolute Gasteiger partial charge is 0.490 e. The van der Waals surface area contributed by atoms with E-state index in [4.69, 9.17) is 4.74 Å². The van der Waals surface area contributed by atoms with E-state index in [0.29, 0.717) is 29.6 Å². The first-order valence-electron chi connectivity index (χ1n) is 7.71. The van der Waals surface area contributed by atoms with Crippen molar-refractivity contribution in [3.05, 3.63) is 28.8 Å². The Bertz CT molecular complexity index is 774. The zero-order valence-corrected chi connectivity index (χ0v) is 14.4. The van der Waals surface area contributed by atoms with Gasteiger partial charge in [-0.2, -0.15) is 0 Å². The van der Waals surface area contributed by atoms with Crippen LogP contribution in [0, 0.1) is 0 Å². The second-order valence-corrected chi connectivity index (χ2v) is 6.47. The summed E-state index contributed by atoms with van der Waals surface area (Å²) in [5.41, 5.74) is 1.36. The van der Waals surface area contributed by atoms with Gasteiger partial charge in [-0.25, -0.2) is 0 Å². The maximum absolute atomic E-state index is 12.3. The number of benzene rings is 1. The molecule has 0 radical (unpaired) electrons. The van der Waals surface area contributed by atoms with E-state index in [2.05, 4.69) is 15.5 Å². The summed E-state index contributed by atoms with van der Waals surface area (Å²) in [5, 5.41) is 12.1. The minimum atomic E-state index is -0.171. The van der Waals surface area contributed by atoms with E-state index in [1.807, 2.05) is 11.8 Å². The van der Waals surface area contributed by atoms with Crippen molar-refractivity contribution in [3.8, 4) is 5.75 Å². The van der Waals surface area contributed by atoms with Crippen LogP contribution in [0.15, 0.2) is 18.2 Å². The number of hydrogen-bond acceptors (Lipinski definition) is 7. The molecule has 0 atom stereocenters. The molecular weight excluding hydrogens is 328 g/mol. The van der Waals surface area contributed by atoms with Crippen LogP contribution in [0.2, 0.25) is 0 Å². The van der Waals surface area contributed by atoms with Gasteiger partial charge in [-0.1, -0.05) is 18.3 Å². The minimum Gasteiger partial charge on any atom is -0.490 e. The normalized spacial score (nSPS) is 13.2. The number of aryl methyl sites for hydroxylation is 1. The number of carbonyl (C=O) groups excluding carboxylic acids is 2. The quantitative estimate of drug-likeness (QED) is 0.835. The Morgan fingerprint density at radius 1 is 1.38 bits per heavy atom. The van der Waals surface area contributed by atoms with Crippen molar-refractivity contribution in [1.29, 1.82) is 0 Å². The van der Waals surface area contributed by atoms with E-state index in [-0.39, 0.29) is 18.2 Å². The molecule has 1 N–H and O–H groups in total. The van der Waals surface area contributed by atoms with Gasteiger partial charge >= 0.3 is 0 Å². The SMILES string of the molecule is CCc1nnc(NC(=O)CN2CCOc3ccc(C(C)=O)cc32)s1. The van der Waals surface area contributed by atoms with E-state index in [0.717, 1.165) is 17.1 Å². The van der Waals surface area contributed by atoms with Crippen LogP contribution in [-0.4, -0.2) is 41.6 Å². The summed E-state index contributed by atoms with van der Waals surface area (Å²) in [4.78, 5) is 25.8. The number of anilines is 2. The number of nitrogens with one attached hydrogen (secondary N) is 1. The second-order valence-electron chi connectivity index (χ2n) is 5.41. The van der Waals surface area contributed by atoms with Gasteiger partial charge in [-0.15, -0.1) is 10.2 Å². The molecular formula is C16H18N4O3S. The van der Waals surface area contributed by atoms with Crippen LogP contribution in [0.4, 0.5) is 10.8 Å². The third-order valence-electron chi connectivity index (χ3n) is 3.68. The molecule has 0 saturated heterocycles. The average molecular weight is 346 g/mol. The van der Waals surface area contributed by atoms with Gasteiger partial charge < -0.3 is 9.64 Å².